The van der Waals surface area contributed by atoms with Crippen molar-refractivity contribution in [3.8, 4) is 22.7 Å². The van der Waals surface area contributed by atoms with Gasteiger partial charge in [-0.25, -0.2) is 4.98 Å². The minimum atomic E-state index is -0.231. The predicted molar refractivity (Wildman–Crippen MR) is 91.1 cm³/mol. The molecule has 0 radical (unpaired) electrons. The van der Waals surface area contributed by atoms with Crippen LogP contribution in [-0.4, -0.2) is 29.8 Å². The van der Waals surface area contributed by atoms with Crippen LogP contribution in [0.3, 0.4) is 0 Å². The molecular formula is C17H12N6O2. The number of hydrogen-bond acceptors (Lipinski definition) is 5. The zero-order chi connectivity index (χ0) is 17.0. The molecule has 0 unspecified atom stereocenters. The van der Waals surface area contributed by atoms with E-state index in [1.807, 2.05) is 25.1 Å². The molecule has 0 aliphatic heterocycles. The van der Waals surface area contributed by atoms with Gasteiger partial charge in [-0.05, 0) is 24.6 Å². The van der Waals surface area contributed by atoms with Gasteiger partial charge in [0.15, 0.2) is 5.65 Å². The lowest BCUT2D eigenvalue weighted by atomic mass is 10.1. The van der Waals surface area contributed by atoms with E-state index in [1.54, 1.807) is 18.6 Å². The fourth-order valence-electron chi connectivity index (χ4n) is 2.89. The molecule has 0 bridgehead atoms. The van der Waals surface area contributed by atoms with Gasteiger partial charge in [-0.2, -0.15) is 14.7 Å². The minimum Gasteiger partial charge on any atom is -0.441 e. The Hall–Kier alpha value is -3.68. The summed E-state index contributed by atoms with van der Waals surface area (Å²) in [7, 11) is 0. The van der Waals surface area contributed by atoms with Gasteiger partial charge in [-0.15, -0.1) is 0 Å². The zero-order valence-corrected chi connectivity index (χ0v) is 13.1. The summed E-state index contributed by atoms with van der Waals surface area (Å²) >= 11 is 0. The molecule has 8 nitrogen and oxygen atoms in total. The molecule has 5 rings (SSSR count). The van der Waals surface area contributed by atoms with E-state index < -0.39 is 0 Å². The van der Waals surface area contributed by atoms with E-state index >= 15 is 0 Å². The highest BCUT2D eigenvalue weighted by atomic mass is 16.4. The van der Waals surface area contributed by atoms with E-state index in [-0.39, 0.29) is 5.56 Å². The van der Waals surface area contributed by atoms with Crippen LogP contribution >= 0.6 is 0 Å². The van der Waals surface area contributed by atoms with Gasteiger partial charge < -0.3 is 9.40 Å². The number of oxazole rings is 1. The first-order valence-corrected chi connectivity index (χ1v) is 7.66. The monoisotopic (exact) mass is 332 g/mol. The third-order valence-electron chi connectivity index (χ3n) is 4.10. The van der Waals surface area contributed by atoms with Crippen LogP contribution in [0.5, 0.6) is 0 Å². The first kappa shape index (κ1) is 13.7. The summed E-state index contributed by atoms with van der Waals surface area (Å²) in [5.74, 6) is 1.11. The Morgan fingerprint density at radius 3 is 2.92 bits per heavy atom. The standard InChI is InChI=1S/C17H12N6O2/c1-9-6-18-17(25-9)12-8-20-23-15(24)5-14(21-16(12)23)10-2-3-13-11(4-10)7-19-22-13/h2-8,21H,1H3,(H,19,22). The van der Waals surface area contributed by atoms with Crippen molar-refractivity contribution < 1.29 is 4.42 Å². The normalized spacial score (nSPS) is 11.6. The Balaban J connectivity index is 1.75. The lowest BCUT2D eigenvalue weighted by molar-refractivity contribution is 0.543. The molecule has 0 atom stereocenters. The molecule has 4 aromatic heterocycles. The maximum atomic E-state index is 12.4. The Morgan fingerprint density at radius 1 is 1.16 bits per heavy atom. The van der Waals surface area contributed by atoms with Gasteiger partial charge in [-0.1, -0.05) is 6.07 Å². The van der Waals surface area contributed by atoms with Crippen molar-refractivity contribution in [1.29, 1.82) is 0 Å². The number of aromatic amines is 2. The van der Waals surface area contributed by atoms with Crippen molar-refractivity contribution in [2.24, 2.45) is 0 Å². The maximum absolute atomic E-state index is 12.4. The number of H-pyrrole nitrogens is 2. The molecule has 0 aliphatic rings. The third-order valence-corrected chi connectivity index (χ3v) is 4.10. The molecule has 0 aliphatic carbocycles. The SMILES string of the molecule is Cc1cnc(-c2cnn3c(=O)cc(-c4ccc5[nH]ncc5c4)[nH]c23)o1. The summed E-state index contributed by atoms with van der Waals surface area (Å²) in [6, 6.07) is 7.33. The molecule has 122 valence electrons. The molecule has 4 heterocycles. The summed E-state index contributed by atoms with van der Waals surface area (Å²) in [6.07, 6.45) is 4.95. The molecule has 0 spiro atoms. The van der Waals surface area contributed by atoms with Gasteiger partial charge in [0.05, 0.1) is 29.8 Å². The van der Waals surface area contributed by atoms with Crippen LogP contribution in [0, 0.1) is 6.92 Å². The summed E-state index contributed by atoms with van der Waals surface area (Å²) in [5.41, 5.74) is 3.45. The van der Waals surface area contributed by atoms with Crippen molar-refractivity contribution in [1.82, 2.24) is 29.8 Å². The van der Waals surface area contributed by atoms with E-state index in [2.05, 4.69) is 25.3 Å². The second kappa shape index (κ2) is 4.91. The van der Waals surface area contributed by atoms with E-state index in [0.29, 0.717) is 28.6 Å². The largest absolute Gasteiger partial charge is 0.441 e. The molecule has 2 N–H and O–H groups in total. The highest BCUT2D eigenvalue weighted by Crippen LogP contribution is 2.25. The first-order chi connectivity index (χ1) is 12.2. The fraction of sp³-hybridized carbons (Fsp3) is 0.0588. The molecule has 25 heavy (non-hydrogen) atoms. The van der Waals surface area contributed by atoms with Gasteiger partial charge >= 0.3 is 0 Å². The van der Waals surface area contributed by atoms with Crippen molar-refractivity contribution in [3.05, 3.63) is 59.0 Å². The van der Waals surface area contributed by atoms with Crippen molar-refractivity contribution in [2.45, 2.75) is 6.92 Å². The molecule has 0 fully saturated rings. The molecule has 8 heteroatoms. The Labute approximate surface area is 140 Å². The van der Waals surface area contributed by atoms with Gasteiger partial charge in [0, 0.05) is 11.5 Å². The molecule has 0 saturated heterocycles. The number of nitrogens with one attached hydrogen (secondary N) is 2. The average molecular weight is 332 g/mol. The van der Waals surface area contributed by atoms with Crippen molar-refractivity contribution in [2.75, 3.05) is 0 Å². The molecular weight excluding hydrogens is 320 g/mol. The second-order valence-electron chi connectivity index (χ2n) is 5.79. The minimum absolute atomic E-state index is 0.231. The summed E-state index contributed by atoms with van der Waals surface area (Å²) in [4.78, 5) is 19.9. The second-order valence-corrected chi connectivity index (χ2v) is 5.79. The van der Waals surface area contributed by atoms with E-state index in [1.165, 1.54) is 10.6 Å². The number of nitrogens with zero attached hydrogens (tertiary/aromatic N) is 4. The van der Waals surface area contributed by atoms with Crippen molar-refractivity contribution >= 4 is 16.6 Å². The Kier molecular flexibility index (Phi) is 2.69. The van der Waals surface area contributed by atoms with E-state index in [4.69, 9.17) is 4.42 Å². The first-order valence-electron chi connectivity index (χ1n) is 7.66. The quantitative estimate of drug-likeness (QED) is 0.517. The predicted octanol–water partition coefficient (Wildman–Crippen LogP) is 2.53. The average Bonchev–Trinajstić information content (AvgIpc) is 3.32. The number of hydrogen-bond donors (Lipinski definition) is 2. The van der Waals surface area contributed by atoms with Crippen LogP contribution in [-0.2, 0) is 0 Å². The lowest BCUT2D eigenvalue weighted by Crippen LogP contribution is -2.14. The van der Waals surface area contributed by atoms with E-state index in [0.717, 1.165) is 16.5 Å². The third kappa shape index (κ3) is 2.08. The Bertz CT molecular complexity index is 1290. The fourth-order valence-corrected chi connectivity index (χ4v) is 2.89. The summed E-state index contributed by atoms with van der Waals surface area (Å²) in [6.45, 7) is 1.82. The van der Waals surface area contributed by atoms with Gasteiger partial charge in [0.25, 0.3) is 5.56 Å². The Morgan fingerprint density at radius 2 is 2.08 bits per heavy atom. The van der Waals surface area contributed by atoms with Crippen LogP contribution in [0.2, 0.25) is 0 Å². The molecule has 0 amide bonds. The number of aryl methyl sites for hydroxylation is 1. The van der Waals surface area contributed by atoms with Crippen LogP contribution in [0.15, 0.2) is 52.1 Å². The molecule has 5 aromatic rings. The lowest BCUT2D eigenvalue weighted by Gasteiger charge is -2.04. The van der Waals surface area contributed by atoms with Crippen molar-refractivity contribution in [3.63, 3.8) is 0 Å². The van der Waals surface area contributed by atoms with Crippen LogP contribution < -0.4 is 5.56 Å². The summed E-state index contributed by atoms with van der Waals surface area (Å²) < 4.78 is 6.87. The number of benzene rings is 1. The van der Waals surface area contributed by atoms with Crippen LogP contribution in [0.1, 0.15) is 5.76 Å². The molecule has 1 aromatic carbocycles. The van der Waals surface area contributed by atoms with Crippen LogP contribution in [0.4, 0.5) is 0 Å². The van der Waals surface area contributed by atoms with Gasteiger partial charge in [0.1, 0.15) is 11.3 Å². The highest BCUT2D eigenvalue weighted by molar-refractivity contribution is 5.84. The van der Waals surface area contributed by atoms with Crippen LogP contribution in [0.25, 0.3) is 39.3 Å². The topological polar surface area (TPSA) is 105 Å². The number of aromatic nitrogens is 6. The highest BCUT2D eigenvalue weighted by Gasteiger charge is 2.15. The van der Waals surface area contributed by atoms with Gasteiger partial charge in [-0.3, -0.25) is 9.89 Å². The summed E-state index contributed by atoms with van der Waals surface area (Å²) in [5, 5.41) is 12.0. The zero-order valence-electron chi connectivity index (χ0n) is 13.1. The van der Waals surface area contributed by atoms with E-state index in [9.17, 15) is 4.79 Å². The number of rotatable bonds is 2. The molecule has 0 saturated carbocycles. The smallest absolute Gasteiger partial charge is 0.274 e. The van der Waals surface area contributed by atoms with Gasteiger partial charge in [0.2, 0.25) is 5.89 Å². The number of fused-ring (bicyclic) bond motifs is 2. The maximum Gasteiger partial charge on any atom is 0.274 e.